The van der Waals surface area contributed by atoms with E-state index in [4.69, 9.17) is 15.2 Å². The zero-order valence-corrected chi connectivity index (χ0v) is 20.8. The van der Waals surface area contributed by atoms with Gasteiger partial charge in [-0.25, -0.2) is 9.97 Å². The Morgan fingerprint density at radius 3 is 2.82 bits per heavy atom. The van der Waals surface area contributed by atoms with Crippen LogP contribution in [0.4, 0.5) is 11.5 Å². The van der Waals surface area contributed by atoms with Gasteiger partial charge in [-0.1, -0.05) is 13.8 Å². The Kier molecular flexibility index (Phi) is 7.33. The summed E-state index contributed by atoms with van der Waals surface area (Å²) in [6.45, 7) is 3.69. The first-order valence-electron chi connectivity index (χ1n) is 10.8. The first kappa shape index (κ1) is 24.7. The van der Waals surface area contributed by atoms with Crippen molar-refractivity contribution in [1.29, 1.82) is 0 Å². The smallest absolute Gasteiger partial charge is 0.276 e. The van der Waals surface area contributed by atoms with Crippen LogP contribution in [-0.2, 0) is 16.1 Å². The summed E-state index contributed by atoms with van der Waals surface area (Å²) in [5.74, 6) is 0.222. The van der Waals surface area contributed by atoms with Gasteiger partial charge in [-0.2, -0.15) is 0 Å². The highest BCUT2D eigenvalue weighted by Gasteiger charge is 2.36. The number of aromatic nitrogens is 3. The van der Waals surface area contributed by atoms with Gasteiger partial charge in [0.1, 0.15) is 30.1 Å². The van der Waals surface area contributed by atoms with E-state index >= 15 is 0 Å². The van der Waals surface area contributed by atoms with Gasteiger partial charge in [-0.05, 0) is 40.6 Å². The number of nitro groups is 1. The summed E-state index contributed by atoms with van der Waals surface area (Å²) in [5.41, 5.74) is 7.89. The van der Waals surface area contributed by atoms with Gasteiger partial charge in [0.2, 0.25) is 0 Å². The number of anilines is 1. The van der Waals surface area contributed by atoms with Gasteiger partial charge in [0.05, 0.1) is 41.3 Å². The average Bonchev–Trinajstić information content (AvgIpc) is 3.35. The zero-order valence-electron chi connectivity index (χ0n) is 18.7. The van der Waals surface area contributed by atoms with E-state index in [0.29, 0.717) is 22.2 Å². The van der Waals surface area contributed by atoms with Crippen molar-refractivity contribution in [3.8, 4) is 0 Å². The fraction of sp³-hybridized carbons (Fsp3) is 0.455. The van der Waals surface area contributed by atoms with Crippen LogP contribution in [0.2, 0.25) is 0 Å². The molecule has 3 aromatic rings. The molecule has 182 valence electrons. The number of hydrogen-bond acceptors (Lipinski definition) is 9. The van der Waals surface area contributed by atoms with Crippen LogP contribution in [0.5, 0.6) is 0 Å². The molecule has 3 heterocycles. The van der Waals surface area contributed by atoms with Gasteiger partial charge >= 0.3 is 0 Å². The number of aliphatic hydroxyl groups is 2. The van der Waals surface area contributed by atoms with Crippen LogP contribution in [-0.4, -0.2) is 48.5 Å². The van der Waals surface area contributed by atoms with E-state index in [9.17, 15) is 20.3 Å². The van der Waals surface area contributed by atoms with E-state index in [-0.39, 0.29) is 37.1 Å². The van der Waals surface area contributed by atoms with Crippen molar-refractivity contribution in [2.24, 2.45) is 5.92 Å². The molecule has 1 aliphatic rings. The number of hydrogen-bond donors (Lipinski definition) is 3. The number of nitrogens with two attached hydrogens (primary N) is 1. The molecule has 0 radical (unpaired) electrons. The maximum Gasteiger partial charge on any atom is 0.276 e. The minimum atomic E-state index is -0.807. The molecule has 12 heteroatoms. The molecular formula is C22H26IN5O6. The molecule has 4 atom stereocenters. The molecular weight excluding hydrogens is 557 g/mol. The zero-order chi connectivity index (χ0) is 24.6. The summed E-state index contributed by atoms with van der Waals surface area (Å²) in [4.78, 5) is 19.7. The van der Waals surface area contributed by atoms with Crippen LogP contribution in [0.25, 0.3) is 11.0 Å². The average molecular weight is 583 g/mol. The largest absolute Gasteiger partial charge is 0.394 e. The van der Waals surface area contributed by atoms with Crippen molar-refractivity contribution in [3.05, 3.63) is 55.5 Å². The number of fused-ring (bicyclic) bond motifs is 1. The third-order valence-corrected chi connectivity index (χ3v) is 6.60. The Morgan fingerprint density at radius 2 is 2.18 bits per heavy atom. The van der Waals surface area contributed by atoms with Gasteiger partial charge in [0.15, 0.2) is 0 Å². The van der Waals surface area contributed by atoms with E-state index in [1.165, 1.54) is 12.4 Å². The molecule has 1 saturated heterocycles. The second kappa shape index (κ2) is 10.1. The molecule has 0 bridgehead atoms. The van der Waals surface area contributed by atoms with Crippen molar-refractivity contribution in [3.63, 3.8) is 0 Å². The molecule has 1 aliphatic heterocycles. The lowest BCUT2D eigenvalue weighted by Crippen LogP contribution is -2.24. The minimum Gasteiger partial charge on any atom is -0.394 e. The predicted molar refractivity (Wildman–Crippen MR) is 132 cm³/mol. The summed E-state index contributed by atoms with van der Waals surface area (Å²) in [6.07, 6.45) is 0.835. The number of benzene rings is 1. The van der Waals surface area contributed by atoms with Crippen molar-refractivity contribution < 1.29 is 24.6 Å². The third-order valence-electron chi connectivity index (χ3n) is 5.93. The van der Waals surface area contributed by atoms with Crippen molar-refractivity contribution in [2.75, 3.05) is 12.3 Å². The van der Waals surface area contributed by atoms with E-state index in [1.807, 2.05) is 42.5 Å². The van der Waals surface area contributed by atoms with Crippen LogP contribution in [0.3, 0.4) is 0 Å². The monoisotopic (exact) mass is 583 g/mol. The van der Waals surface area contributed by atoms with E-state index in [2.05, 4.69) is 9.97 Å². The summed E-state index contributed by atoms with van der Waals surface area (Å²) in [5, 5.41) is 31.9. The Morgan fingerprint density at radius 1 is 1.41 bits per heavy atom. The molecule has 4 N–H and O–H groups in total. The molecule has 0 spiro atoms. The fourth-order valence-corrected chi connectivity index (χ4v) is 4.78. The Labute approximate surface area is 209 Å². The number of aliphatic hydroxyl groups excluding tert-OH is 2. The molecule has 1 fully saturated rings. The van der Waals surface area contributed by atoms with E-state index in [1.54, 1.807) is 16.8 Å². The molecule has 0 unspecified atom stereocenters. The molecule has 11 nitrogen and oxygen atoms in total. The van der Waals surface area contributed by atoms with E-state index < -0.39 is 29.5 Å². The van der Waals surface area contributed by atoms with Gasteiger partial charge in [0, 0.05) is 27.8 Å². The highest BCUT2D eigenvalue weighted by Crippen LogP contribution is 2.37. The molecule has 4 rings (SSSR count). The number of nitrogen functional groups attached to an aromatic ring is 1. The predicted octanol–water partition coefficient (Wildman–Crippen LogP) is 3.08. The van der Waals surface area contributed by atoms with E-state index in [0.717, 1.165) is 3.57 Å². The summed E-state index contributed by atoms with van der Waals surface area (Å²) in [7, 11) is 0. The topological polar surface area (TPSA) is 159 Å². The van der Waals surface area contributed by atoms with Crippen LogP contribution in [0.1, 0.15) is 43.7 Å². The van der Waals surface area contributed by atoms with Crippen molar-refractivity contribution in [2.45, 2.75) is 51.4 Å². The van der Waals surface area contributed by atoms with Crippen LogP contribution in [0, 0.1) is 19.6 Å². The number of nitro benzene ring substituents is 1. The minimum absolute atomic E-state index is 0.0132. The van der Waals surface area contributed by atoms with Gasteiger partial charge < -0.3 is 30.0 Å². The summed E-state index contributed by atoms with van der Waals surface area (Å²) < 4.78 is 14.6. The van der Waals surface area contributed by atoms with Gasteiger partial charge in [-0.15, -0.1) is 0 Å². The number of nitrogens with zero attached hydrogens (tertiary/aromatic N) is 4. The highest BCUT2D eigenvalue weighted by atomic mass is 127. The lowest BCUT2D eigenvalue weighted by molar-refractivity contribution is -0.386. The standard InChI is InChI=1S/C22H26IN5O6/c1-11(2)20(14-4-3-13(23)5-15(14)28(31)32)33-9-12-7-27(18-6-16(30)17(8-29)34-18)22-19(12)21(24)25-10-26-22/h3-5,7,10-11,16-18,20,29-30H,6,8-9H2,1-2H3,(H2,24,25,26)/t16-,17-,18-,20+/m1/s1. The summed E-state index contributed by atoms with van der Waals surface area (Å²) in [6, 6.07) is 5.08. The second-order valence-corrected chi connectivity index (χ2v) is 9.82. The number of rotatable bonds is 8. The number of ether oxygens (including phenoxy) is 2. The maximum absolute atomic E-state index is 11.7. The van der Waals surface area contributed by atoms with Gasteiger partial charge in [0.25, 0.3) is 5.69 Å². The molecule has 0 amide bonds. The van der Waals surface area contributed by atoms with Gasteiger partial charge in [-0.3, -0.25) is 10.1 Å². The first-order chi connectivity index (χ1) is 16.2. The molecule has 0 aliphatic carbocycles. The third kappa shape index (κ3) is 4.73. The molecule has 1 aromatic carbocycles. The molecule has 2 aromatic heterocycles. The van der Waals surface area contributed by atoms with Crippen LogP contribution in [0.15, 0.2) is 30.7 Å². The Bertz CT molecular complexity index is 1200. The highest BCUT2D eigenvalue weighted by molar-refractivity contribution is 14.1. The fourth-order valence-electron chi connectivity index (χ4n) is 4.30. The molecule has 0 saturated carbocycles. The van der Waals surface area contributed by atoms with Crippen molar-refractivity contribution >= 4 is 45.1 Å². The van der Waals surface area contributed by atoms with Crippen LogP contribution >= 0.6 is 22.6 Å². The first-order valence-corrected chi connectivity index (χ1v) is 11.9. The van der Waals surface area contributed by atoms with Crippen molar-refractivity contribution in [1.82, 2.24) is 14.5 Å². The van der Waals surface area contributed by atoms with Crippen LogP contribution < -0.4 is 5.73 Å². The maximum atomic E-state index is 11.7. The number of halogens is 1. The normalized spacial score (nSPS) is 21.4. The Hall–Kier alpha value is -2.39. The lowest BCUT2D eigenvalue weighted by Gasteiger charge is -2.22. The quantitative estimate of drug-likeness (QED) is 0.206. The lowest BCUT2D eigenvalue weighted by atomic mass is 9.97. The Balaban J connectivity index is 1.68. The molecule has 34 heavy (non-hydrogen) atoms. The second-order valence-electron chi connectivity index (χ2n) is 8.57. The summed E-state index contributed by atoms with van der Waals surface area (Å²) >= 11 is 2.05. The SMILES string of the molecule is CC(C)[C@H](OCc1cn([C@H]2C[C@@H](O)[C@@H](CO)O2)c2ncnc(N)c12)c1ccc(I)cc1[N+](=O)[O-].